The van der Waals surface area contributed by atoms with Crippen LogP contribution in [0.15, 0.2) is 30.3 Å². The van der Waals surface area contributed by atoms with Crippen LogP contribution >= 0.6 is 11.3 Å². The second-order valence-corrected chi connectivity index (χ2v) is 7.17. The number of rotatable bonds is 3. The molecule has 0 saturated carbocycles. The molecule has 2 N–H and O–H groups in total. The van der Waals surface area contributed by atoms with Crippen LogP contribution in [0.4, 0.5) is 0 Å². The van der Waals surface area contributed by atoms with Gasteiger partial charge in [-0.1, -0.05) is 6.07 Å². The van der Waals surface area contributed by atoms with E-state index in [0.29, 0.717) is 29.5 Å². The van der Waals surface area contributed by atoms with Crippen molar-refractivity contribution in [3.8, 4) is 11.5 Å². The van der Waals surface area contributed by atoms with Crippen LogP contribution in [0.3, 0.4) is 0 Å². The Morgan fingerprint density at radius 2 is 1.84 bits per heavy atom. The van der Waals surface area contributed by atoms with Crippen molar-refractivity contribution in [1.82, 2.24) is 4.90 Å². The Morgan fingerprint density at radius 1 is 1.08 bits per heavy atom. The summed E-state index contributed by atoms with van der Waals surface area (Å²) in [5, 5.41) is 0. The fourth-order valence-electron chi connectivity index (χ4n) is 3.35. The molecule has 2 aliphatic rings. The van der Waals surface area contributed by atoms with Crippen LogP contribution < -0.4 is 15.2 Å². The molecule has 0 spiro atoms. The smallest absolute Gasteiger partial charge is 0.264 e. The zero-order valence-corrected chi connectivity index (χ0v) is 14.4. The van der Waals surface area contributed by atoms with Crippen LogP contribution in [0, 0.1) is 0 Å². The van der Waals surface area contributed by atoms with Crippen LogP contribution in [0.25, 0.3) is 0 Å². The molecule has 0 bridgehead atoms. The van der Waals surface area contributed by atoms with E-state index >= 15 is 0 Å². The molecule has 1 atom stereocenters. The summed E-state index contributed by atoms with van der Waals surface area (Å²) >= 11 is 1.15. The van der Waals surface area contributed by atoms with Crippen LogP contribution in [-0.2, 0) is 0 Å². The lowest BCUT2D eigenvalue weighted by Crippen LogP contribution is -2.30. The predicted octanol–water partition coefficient (Wildman–Crippen LogP) is 2.60. The molecule has 7 heteroatoms. The monoisotopic (exact) mass is 358 g/mol. The van der Waals surface area contributed by atoms with Crippen molar-refractivity contribution in [2.45, 2.75) is 18.9 Å². The average molecular weight is 358 g/mol. The molecule has 1 unspecified atom stereocenters. The van der Waals surface area contributed by atoms with Crippen molar-refractivity contribution >= 4 is 23.2 Å². The van der Waals surface area contributed by atoms with Gasteiger partial charge in [-0.25, -0.2) is 0 Å². The highest BCUT2D eigenvalue weighted by Crippen LogP contribution is 2.39. The average Bonchev–Trinajstić information content (AvgIpc) is 3.30. The van der Waals surface area contributed by atoms with E-state index in [1.54, 1.807) is 12.1 Å². The molecule has 25 heavy (non-hydrogen) atoms. The predicted molar refractivity (Wildman–Crippen MR) is 93.3 cm³/mol. The SMILES string of the molecule is NC(=O)c1ccc(C(=O)N2CCCC2c2ccc3c(c2)OCCO3)s1. The summed E-state index contributed by atoms with van der Waals surface area (Å²) < 4.78 is 11.2. The molecule has 1 saturated heterocycles. The highest BCUT2D eigenvalue weighted by atomic mass is 32.1. The number of amides is 2. The normalized spacial score (nSPS) is 19.0. The fourth-order valence-corrected chi connectivity index (χ4v) is 4.16. The minimum Gasteiger partial charge on any atom is -0.486 e. The van der Waals surface area contributed by atoms with Crippen molar-refractivity contribution in [2.24, 2.45) is 5.73 Å². The van der Waals surface area contributed by atoms with Crippen molar-refractivity contribution in [3.05, 3.63) is 45.6 Å². The van der Waals surface area contributed by atoms with Gasteiger partial charge in [-0.2, -0.15) is 0 Å². The number of carbonyl (C=O) groups is 2. The van der Waals surface area contributed by atoms with Gasteiger partial charge in [0.25, 0.3) is 11.8 Å². The Kier molecular flexibility index (Phi) is 4.09. The number of thiophene rings is 1. The first kappa shape index (κ1) is 16.0. The number of fused-ring (bicyclic) bond motifs is 1. The van der Waals surface area contributed by atoms with E-state index in [9.17, 15) is 9.59 Å². The molecule has 1 fully saturated rings. The topological polar surface area (TPSA) is 81.9 Å². The summed E-state index contributed by atoms with van der Waals surface area (Å²) in [6, 6.07) is 9.14. The van der Waals surface area contributed by atoms with Crippen molar-refractivity contribution in [1.29, 1.82) is 0 Å². The van der Waals surface area contributed by atoms with E-state index in [-0.39, 0.29) is 11.9 Å². The molecule has 2 amide bonds. The molecule has 2 aliphatic heterocycles. The third-order valence-electron chi connectivity index (χ3n) is 4.52. The van der Waals surface area contributed by atoms with Crippen LogP contribution in [-0.4, -0.2) is 36.5 Å². The molecule has 6 nitrogen and oxygen atoms in total. The quantitative estimate of drug-likeness (QED) is 0.914. The van der Waals surface area contributed by atoms with E-state index in [2.05, 4.69) is 0 Å². The lowest BCUT2D eigenvalue weighted by atomic mass is 10.0. The third-order valence-corrected chi connectivity index (χ3v) is 5.61. The van der Waals surface area contributed by atoms with E-state index in [0.717, 1.165) is 41.2 Å². The number of hydrogen-bond acceptors (Lipinski definition) is 5. The van der Waals surface area contributed by atoms with Gasteiger partial charge in [0.2, 0.25) is 0 Å². The van der Waals surface area contributed by atoms with Gasteiger partial charge < -0.3 is 20.1 Å². The molecule has 1 aromatic heterocycles. The number of benzene rings is 1. The minimum atomic E-state index is -0.506. The maximum atomic E-state index is 12.9. The number of nitrogens with zero attached hydrogens (tertiary/aromatic N) is 1. The Balaban J connectivity index is 1.59. The molecule has 1 aromatic carbocycles. The molecular formula is C18H18N2O4S. The lowest BCUT2D eigenvalue weighted by Gasteiger charge is -2.26. The minimum absolute atomic E-state index is 0.00227. The Morgan fingerprint density at radius 3 is 2.60 bits per heavy atom. The number of carbonyl (C=O) groups excluding carboxylic acids is 2. The Hall–Kier alpha value is -2.54. The van der Waals surface area contributed by atoms with E-state index in [4.69, 9.17) is 15.2 Å². The highest BCUT2D eigenvalue weighted by Gasteiger charge is 2.32. The van der Waals surface area contributed by atoms with Gasteiger partial charge >= 0.3 is 0 Å². The zero-order chi connectivity index (χ0) is 17.4. The van der Waals surface area contributed by atoms with Crippen LogP contribution in [0.1, 0.15) is 43.8 Å². The second-order valence-electron chi connectivity index (χ2n) is 6.09. The number of primary amides is 1. The summed E-state index contributed by atoms with van der Waals surface area (Å²) in [6.45, 7) is 1.79. The summed E-state index contributed by atoms with van der Waals surface area (Å²) in [5.41, 5.74) is 6.33. The first-order valence-corrected chi connectivity index (χ1v) is 9.05. The molecule has 0 aliphatic carbocycles. The van der Waals surface area contributed by atoms with Crippen molar-refractivity contribution < 1.29 is 19.1 Å². The Bertz CT molecular complexity index is 832. The number of likely N-dealkylation sites (tertiary alicyclic amines) is 1. The number of ether oxygens (including phenoxy) is 2. The Labute approximate surface area is 149 Å². The molecule has 130 valence electrons. The van der Waals surface area contributed by atoms with Crippen LogP contribution in [0.2, 0.25) is 0 Å². The van der Waals surface area contributed by atoms with Crippen LogP contribution in [0.5, 0.6) is 11.5 Å². The van der Waals surface area contributed by atoms with Crippen molar-refractivity contribution in [3.63, 3.8) is 0 Å². The van der Waals surface area contributed by atoms with Gasteiger partial charge in [0.1, 0.15) is 13.2 Å². The second kappa shape index (κ2) is 6.40. The third kappa shape index (κ3) is 2.95. The van der Waals surface area contributed by atoms with Gasteiger partial charge in [-0.05, 0) is 42.7 Å². The highest BCUT2D eigenvalue weighted by molar-refractivity contribution is 7.15. The van der Waals surface area contributed by atoms with E-state index in [1.807, 2.05) is 23.1 Å². The zero-order valence-electron chi connectivity index (χ0n) is 13.6. The molecule has 4 rings (SSSR count). The van der Waals surface area contributed by atoms with Gasteiger partial charge in [0.05, 0.1) is 15.8 Å². The molecular weight excluding hydrogens is 340 g/mol. The summed E-state index contributed by atoms with van der Waals surface area (Å²) in [5.74, 6) is 0.911. The first-order chi connectivity index (χ1) is 12.1. The first-order valence-electron chi connectivity index (χ1n) is 8.23. The van der Waals surface area contributed by atoms with Gasteiger partial charge in [0.15, 0.2) is 11.5 Å². The lowest BCUT2D eigenvalue weighted by molar-refractivity contribution is 0.0740. The van der Waals surface area contributed by atoms with E-state index < -0.39 is 5.91 Å². The number of hydrogen-bond donors (Lipinski definition) is 1. The maximum absolute atomic E-state index is 12.9. The molecule has 0 radical (unpaired) electrons. The van der Waals surface area contributed by atoms with Gasteiger partial charge in [0, 0.05) is 6.54 Å². The molecule has 2 aromatic rings. The molecule has 3 heterocycles. The van der Waals surface area contributed by atoms with Crippen molar-refractivity contribution in [2.75, 3.05) is 19.8 Å². The maximum Gasteiger partial charge on any atom is 0.264 e. The summed E-state index contributed by atoms with van der Waals surface area (Å²) in [7, 11) is 0. The standard InChI is InChI=1S/C18H18N2O4S/c19-17(21)15-5-6-16(25-15)18(22)20-7-1-2-12(20)11-3-4-13-14(10-11)24-9-8-23-13/h3-6,10,12H,1-2,7-9H2,(H2,19,21). The summed E-state index contributed by atoms with van der Waals surface area (Å²) in [6.07, 6.45) is 1.85. The fraction of sp³-hybridized carbons (Fsp3) is 0.333. The largest absolute Gasteiger partial charge is 0.486 e. The van der Waals surface area contributed by atoms with Gasteiger partial charge in [-0.15, -0.1) is 11.3 Å². The summed E-state index contributed by atoms with van der Waals surface area (Å²) in [4.78, 5) is 27.0. The number of nitrogens with two attached hydrogens (primary N) is 1. The van der Waals surface area contributed by atoms with Gasteiger partial charge in [-0.3, -0.25) is 9.59 Å². The van der Waals surface area contributed by atoms with E-state index in [1.165, 1.54) is 0 Å².